The number of aromatic nitrogens is 1. The van der Waals surface area contributed by atoms with Crippen molar-refractivity contribution in [3.63, 3.8) is 0 Å². The fourth-order valence-corrected chi connectivity index (χ4v) is 4.71. The lowest BCUT2D eigenvalue weighted by Crippen LogP contribution is -2.37. The Labute approximate surface area is 210 Å². The van der Waals surface area contributed by atoms with E-state index in [-0.39, 0.29) is 18.8 Å². The van der Waals surface area contributed by atoms with Crippen LogP contribution < -0.4 is 23.8 Å². The Morgan fingerprint density at radius 1 is 1.08 bits per heavy atom. The molecule has 1 unspecified atom stereocenters. The largest absolute Gasteiger partial charge is 0.497 e. The summed E-state index contributed by atoms with van der Waals surface area (Å²) < 4.78 is 27.8. The van der Waals surface area contributed by atoms with Gasteiger partial charge in [-0.25, -0.2) is 4.98 Å². The molecule has 1 saturated heterocycles. The number of rotatable bonds is 8. The van der Waals surface area contributed by atoms with E-state index in [4.69, 9.17) is 28.7 Å². The summed E-state index contributed by atoms with van der Waals surface area (Å²) >= 11 is 0. The summed E-state index contributed by atoms with van der Waals surface area (Å²) in [5, 5.41) is 0.923. The molecule has 0 aliphatic carbocycles. The van der Waals surface area contributed by atoms with Crippen molar-refractivity contribution in [2.24, 2.45) is 0 Å². The first-order valence-corrected chi connectivity index (χ1v) is 12.0. The summed E-state index contributed by atoms with van der Waals surface area (Å²) in [4.78, 5) is 22.6. The van der Waals surface area contributed by atoms with Crippen molar-refractivity contribution in [3.05, 3.63) is 47.5 Å². The fraction of sp³-hybridized carbons (Fsp3) is 0.407. The topological polar surface area (TPSA) is 82.6 Å². The van der Waals surface area contributed by atoms with Crippen LogP contribution >= 0.6 is 0 Å². The van der Waals surface area contributed by atoms with Crippen LogP contribution in [0.1, 0.15) is 28.8 Å². The van der Waals surface area contributed by atoms with Crippen molar-refractivity contribution in [2.45, 2.75) is 25.5 Å². The molecule has 2 aliphatic heterocycles. The van der Waals surface area contributed by atoms with E-state index in [0.717, 1.165) is 35.1 Å². The minimum Gasteiger partial charge on any atom is -0.497 e. The van der Waals surface area contributed by atoms with Gasteiger partial charge in [0.05, 0.1) is 31.4 Å². The first-order valence-electron chi connectivity index (χ1n) is 12.0. The van der Waals surface area contributed by atoms with Gasteiger partial charge >= 0.3 is 0 Å². The Balaban J connectivity index is 1.53. The maximum absolute atomic E-state index is 13.9. The van der Waals surface area contributed by atoms with Crippen LogP contribution in [-0.2, 0) is 11.3 Å². The van der Waals surface area contributed by atoms with Gasteiger partial charge in [-0.15, -0.1) is 0 Å². The number of nitrogens with zero attached hydrogens (tertiary/aromatic N) is 3. The van der Waals surface area contributed by atoms with Crippen LogP contribution in [0.25, 0.3) is 10.9 Å². The predicted molar refractivity (Wildman–Crippen MR) is 135 cm³/mol. The number of anilines is 1. The first-order chi connectivity index (χ1) is 17.5. The number of amides is 1. The van der Waals surface area contributed by atoms with Crippen molar-refractivity contribution < 1.29 is 28.5 Å². The van der Waals surface area contributed by atoms with E-state index in [9.17, 15) is 4.79 Å². The van der Waals surface area contributed by atoms with Crippen LogP contribution in [-0.4, -0.2) is 70.2 Å². The van der Waals surface area contributed by atoms with Crippen molar-refractivity contribution in [1.29, 1.82) is 0 Å². The van der Waals surface area contributed by atoms with Crippen LogP contribution in [0.3, 0.4) is 0 Å². The number of benzene rings is 2. The molecule has 9 heteroatoms. The Kier molecular flexibility index (Phi) is 6.73. The Hall–Kier alpha value is -3.72. The van der Waals surface area contributed by atoms with Crippen molar-refractivity contribution in [1.82, 2.24) is 9.88 Å². The van der Waals surface area contributed by atoms with E-state index in [0.29, 0.717) is 48.3 Å². The molecule has 0 saturated carbocycles. The van der Waals surface area contributed by atoms with Gasteiger partial charge in [0.1, 0.15) is 17.3 Å². The second-order valence-corrected chi connectivity index (χ2v) is 9.15. The van der Waals surface area contributed by atoms with Gasteiger partial charge in [-0.05, 0) is 37.1 Å². The number of pyridine rings is 1. The van der Waals surface area contributed by atoms with Gasteiger partial charge in [0, 0.05) is 56.9 Å². The molecule has 5 rings (SSSR count). The second kappa shape index (κ2) is 10.1. The summed E-state index contributed by atoms with van der Waals surface area (Å²) in [6, 6.07) is 11.1. The van der Waals surface area contributed by atoms with Gasteiger partial charge in [0.25, 0.3) is 5.91 Å². The van der Waals surface area contributed by atoms with Gasteiger partial charge < -0.3 is 33.5 Å². The number of fused-ring (bicyclic) bond motifs is 2. The summed E-state index contributed by atoms with van der Waals surface area (Å²) in [5.41, 5.74) is 2.20. The highest BCUT2D eigenvalue weighted by Crippen LogP contribution is 2.37. The lowest BCUT2D eigenvalue weighted by Gasteiger charge is -2.28. The van der Waals surface area contributed by atoms with Crippen LogP contribution in [0.15, 0.2) is 36.4 Å². The summed E-state index contributed by atoms with van der Waals surface area (Å²) in [7, 11) is 7.03. The van der Waals surface area contributed by atoms with Crippen molar-refractivity contribution in [3.8, 4) is 23.0 Å². The molecule has 0 bridgehead atoms. The minimum atomic E-state index is -0.138. The number of carbonyl (C=O) groups excluding carboxylic acids is 1. The average molecular weight is 494 g/mol. The number of methoxy groups -OCH3 is 2. The minimum absolute atomic E-state index is 0.0109. The average Bonchev–Trinajstić information content (AvgIpc) is 3.57. The van der Waals surface area contributed by atoms with E-state index in [1.165, 1.54) is 0 Å². The predicted octanol–water partition coefficient (Wildman–Crippen LogP) is 3.87. The van der Waals surface area contributed by atoms with Gasteiger partial charge in [-0.2, -0.15) is 0 Å². The molecule has 1 atom stereocenters. The third kappa shape index (κ3) is 4.70. The number of ether oxygens (including phenoxy) is 5. The van der Waals surface area contributed by atoms with Crippen LogP contribution in [0.2, 0.25) is 0 Å². The van der Waals surface area contributed by atoms with E-state index in [2.05, 4.69) is 6.07 Å². The maximum Gasteiger partial charge on any atom is 0.258 e. The van der Waals surface area contributed by atoms with Crippen LogP contribution in [0.4, 0.5) is 5.82 Å². The molecular formula is C27H31N3O6. The molecule has 1 amide bonds. The standard InChI is InChI=1S/C27H31N3O6/c1-29(2)26-18(10-17-11-24-25(36-16-35-24)13-22(17)28-26)14-30(15-20-6-5-9-34-20)27(31)21-8-7-19(32-3)12-23(21)33-4/h7-8,10-13,20H,5-6,9,14-16H2,1-4H3. The zero-order valence-corrected chi connectivity index (χ0v) is 21.1. The van der Waals surface area contributed by atoms with Crippen molar-refractivity contribution >= 4 is 22.6 Å². The molecule has 3 aromatic rings. The number of hydrogen-bond acceptors (Lipinski definition) is 8. The Morgan fingerprint density at radius 3 is 2.58 bits per heavy atom. The van der Waals surface area contributed by atoms with E-state index >= 15 is 0 Å². The monoisotopic (exact) mass is 493 g/mol. The maximum atomic E-state index is 13.9. The lowest BCUT2D eigenvalue weighted by molar-refractivity contribution is 0.0505. The zero-order valence-electron chi connectivity index (χ0n) is 21.1. The van der Waals surface area contributed by atoms with E-state index < -0.39 is 0 Å². The smallest absolute Gasteiger partial charge is 0.258 e. The molecule has 0 spiro atoms. The molecule has 0 radical (unpaired) electrons. The molecular weight excluding hydrogens is 462 g/mol. The normalized spacial score (nSPS) is 16.3. The third-order valence-electron chi connectivity index (χ3n) is 6.52. The molecule has 0 N–H and O–H groups in total. The van der Waals surface area contributed by atoms with Gasteiger partial charge in [0.15, 0.2) is 11.5 Å². The van der Waals surface area contributed by atoms with Crippen LogP contribution in [0.5, 0.6) is 23.0 Å². The highest BCUT2D eigenvalue weighted by Gasteiger charge is 2.27. The summed E-state index contributed by atoms with van der Waals surface area (Å²) in [5.74, 6) is 3.13. The molecule has 9 nitrogen and oxygen atoms in total. The number of hydrogen-bond donors (Lipinski definition) is 0. The highest BCUT2D eigenvalue weighted by atomic mass is 16.7. The first kappa shape index (κ1) is 24.0. The molecule has 3 heterocycles. The highest BCUT2D eigenvalue weighted by molar-refractivity contribution is 5.97. The van der Waals surface area contributed by atoms with E-state index in [1.54, 1.807) is 32.4 Å². The van der Waals surface area contributed by atoms with Gasteiger partial charge in [-0.1, -0.05) is 0 Å². The molecule has 2 aliphatic rings. The second-order valence-electron chi connectivity index (χ2n) is 9.15. The lowest BCUT2D eigenvalue weighted by atomic mass is 10.1. The summed E-state index contributed by atoms with van der Waals surface area (Å²) in [6.07, 6.45) is 1.90. The fourth-order valence-electron chi connectivity index (χ4n) is 4.71. The van der Waals surface area contributed by atoms with E-state index in [1.807, 2.05) is 36.0 Å². The molecule has 190 valence electrons. The van der Waals surface area contributed by atoms with Gasteiger partial charge in [-0.3, -0.25) is 4.79 Å². The Bertz CT molecular complexity index is 1270. The SMILES string of the molecule is COc1ccc(C(=O)N(Cc2cc3cc4c(cc3nc2N(C)C)OCO4)CC2CCCO2)c(OC)c1. The molecule has 1 aromatic heterocycles. The number of carbonyl (C=O) groups is 1. The van der Waals surface area contributed by atoms with Crippen molar-refractivity contribution in [2.75, 3.05) is 53.2 Å². The molecule has 2 aromatic carbocycles. The quantitative estimate of drug-likeness (QED) is 0.468. The zero-order chi connectivity index (χ0) is 25.2. The van der Waals surface area contributed by atoms with Crippen LogP contribution in [0, 0.1) is 0 Å². The molecule has 36 heavy (non-hydrogen) atoms. The summed E-state index contributed by atoms with van der Waals surface area (Å²) in [6.45, 7) is 1.75. The Morgan fingerprint density at radius 2 is 1.89 bits per heavy atom. The third-order valence-corrected chi connectivity index (χ3v) is 6.52. The van der Waals surface area contributed by atoms with Gasteiger partial charge in [0.2, 0.25) is 6.79 Å². The molecule has 1 fully saturated rings.